The minimum Gasteiger partial charge on any atom is -0.396 e. The average molecular weight is 308 g/mol. The lowest BCUT2D eigenvalue weighted by Gasteiger charge is -2.15. The number of nitrogens with zero attached hydrogens (tertiary/aromatic N) is 1. The van der Waals surface area contributed by atoms with E-state index >= 15 is 0 Å². The largest absolute Gasteiger partial charge is 0.396 e. The number of aliphatic hydroxyl groups is 1. The Balaban J connectivity index is 1.56. The Labute approximate surface area is 130 Å². The van der Waals surface area contributed by atoms with Crippen molar-refractivity contribution in [1.82, 2.24) is 10.2 Å². The van der Waals surface area contributed by atoms with E-state index < -0.39 is 0 Å². The molecule has 21 heavy (non-hydrogen) atoms. The second kappa shape index (κ2) is 9.07. The molecule has 1 fully saturated rings. The number of likely N-dealkylation sites (tertiary alicyclic amines) is 1. The molecule has 2 rings (SSSR count). The highest BCUT2D eigenvalue weighted by Gasteiger charge is 2.23. The Morgan fingerprint density at radius 2 is 2.19 bits per heavy atom. The van der Waals surface area contributed by atoms with Crippen molar-refractivity contribution in [1.29, 1.82) is 0 Å². The number of hydrogen-bond acceptors (Lipinski definition) is 4. The van der Waals surface area contributed by atoms with Crippen LogP contribution in [0.4, 0.5) is 0 Å². The van der Waals surface area contributed by atoms with Gasteiger partial charge in [0.1, 0.15) is 0 Å². The van der Waals surface area contributed by atoms with Crippen molar-refractivity contribution in [2.75, 3.05) is 38.5 Å². The van der Waals surface area contributed by atoms with E-state index in [-0.39, 0.29) is 12.5 Å². The molecule has 1 aromatic rings. The maximum absolute atomic E-state index is 11.9. The van der Waals surface area contributed by atoms with Crippen molar-refractivity contribution in [3.63, 3.8) is 0 Å². The van der Waals surface area contributed by atoms with Gasteiger partial charge in [0.05, 0.1) is 6.54 Å². The van der Waals surface area contributed by atoms with E-state index in [0.717, 1.165) is 31.7 Å². The van der Waals surface area contributed by atoms with Crippen molar-refractivity contribution in [2.45, 2.75) is 17.7 Å². The first-order chi connectivity index (χ1) is 10.3. The summed E-state index contributed by atoms with van der Waals surface area (Å²) in [5.74, 6) is 1.55. The molecule has 1 atom stereocenters. The Bertz CT molecular complexity index is 428. The van der Waals surface area contributed by atoms with Gasteiger partial charge in [0.25, 0.3) is 0 Å². The van der Waals surface area contributed by atoms with Crippen LogP contribution in [0.3, 0.4) is 0 Å². The molecule has 5 heteroatoms. The first kappa shape index (κ1) is 16.3. The molecular weight excluding hydrogens is 284 g/mol. The molecule has 0 spiro atoms. The van der Waals surface area contributed by atoms with Gasteiger partial charge < -0.3 is 10.4 Å². The number of thioether (sulfide) groups is 1. The third kappa shape index (κ3) is 6.08. The van der Waals surface area contributed by atoms with Crippen LogP contribution in [-0.2, 0) is 4.79 Å². The van der Waals surface area contributed by atoms with Gasteiger partial charge in [0.2, 0.25) is 5.91 Å². The van der Waals surface area contributed by atoms with Crippen molar-refractivity contribution in [3.05, 3.63) is 30.3 Å². The first-order valence-electron chi connectivity index (χ1n) is 7.55. The van der Waals surface area contributed by atoms with Gasteiger partial charge in [-0.15, -0.1) is 11.8 Å². The molecular formula is C16H24N2O2S. The highest BCUT2D eigenvalue weighted by Crippen LogP contribution is 2.18. The number of hydrogen-bond donors (Lipinski definition) is 2. The molecule has 1 saturated heterocycles. The zero-order chi connectivity index (χ0) is 14.9. The molecule has 1 unspecified atom stereocenters. The normalized spacial score (nSPS) is 18.8. The summed E-state index contributed by atoms with van der Waals surface area (Å²) < 4.78 is 0. The summed E-state index contributed by atoms with van der Waals surface area (Å²) in [5, 5.41) is 11.9. The van der Waals surface area contributed by atoms with Crippen LogP contribution < -0.4 is 5.32 Å². The summed E-state index contributed by atoms with van der Waals surface area (Å²) >= 11 is 1.76. The standard InChI is InChI=1S/C16H24N2O2S/c19-10-7-14-6-9-18(12-14)13-16(20)17-8-11-21-15-4-2-1-3-5-15/h1-5,14,19H,6-13H2,(H,17,20). The molecule has 1 heterocycles. The number of aliphatic hydroxyl groups excluding tert-OH is 1. The van der Waals surface area contributed by atoms with Gasteiger partial charge in [0.15, 0.2) is 0 Å². The molecule has 0 aliphatic carbocycles. The lowest BCUT2D eigenvalue weighted by atomic mass is 10.1. The number of carbonyl (C=O) groups excluding carboxylic acids is 1. The van der Waals surface area contributed by atoms with Crippen LogP contribution >= 0.6 is 11.8 Å². The topological polar surface area (TPSA) is 52.6 Å². The van der Waals surface area contributed by atoms with Crippen LogP contribution in [0.2, 0.25) is 0 Å². The van der Waals surface area contributed by atoms with Crippen LogP contribution in [0.25, 0.3) is 0 Å². The molecule has 0 aromatic heterocycles. The van der Waals surface area contributed by atoms with Gasteiger partial charge in [-0.05, 0) is 37.4 Å². The minimum atomic E-state index is 0.105. The maximum atomic E-state index is 11.9. The molecule has 0 bridgehead atoms. The lowest BCUT2D eigenvalue weighted by molar-refractivity contribution is -0.121. The highest BCUT2D eigenvalue weighted by atomic mass is 32.2. The Morgan fingerprint density at radius 3 is 2.95 bits per heavy atom. The summed E-state index contributed by atoms with van der Waals surface area (Å²) in [6.45, 7) is 3.34. The summed E-state index contributed by atoms with van der Waals surface area (Å²) in [4.78, 5) is 15.3. The van der Waals surface area contributed by atoms with E-state index in [0.29, 0.717) is 19.0 Å². The van der Waals surface area contributed by atoms with Crippen molar-refractivity contribution in [2.24, 2.45) is 5.92 Å². The van der Waals surface area contributed by atoms with E-state index in [2.05, 4.69) is 22.3 Å². The SMILES string of the molecule is O=C(CN1CCC(CCO)C1)NCCSc1ccccc1. The van der Waals surface area contributed by atoms with Gasteiger partial charge in [0, 0.05) is 30.3 Å². The van der Waals surface area contributed by atoms with Gasteiger partial charge in [-0.3, -0.25) is 9.69 Å². The third-order valence-electron chi connectivity index (χ3n) is 3.71. The van der Waals surface area contributed by atoms with E-state index in [1.165, 1.54) is 4.90 Å². The average Bonchev–Trinajstić information content (AvgIpc) is 2.92. The third-order valence-corrected chi connectivity index (χ3v) is 4.72. The van der Waals surface area contributed by atoms with Crippen molar-refractivity contribution < 1.29 is 9.90 Å². The zero-order valence-electron chi connectivity index (χ0n) is 12.3. The highest BCUT2D eigenvalue weighted by molar-refractivity contribution is 7.99. The molecule has 0 radical (unpaired) electrons. The minimum absolute atomic E-state index is 0.105. The maximum Gasteiger partial charge on any atom is 0.234 e. The Hall–Kier alpha value is -1.04. The predicted octanol–water partition coefficient (Wildman–Crippen LogP) is 1.60. The van der Waals surface area contributed by atoms with Crippen molar-refractivity contribution >= 4 is 17.7 Å². The summed E-state index contributed by atoms with van der Waals surface area (Å²) in [7, 11) is 0. The fourth-order valence-electron chi connectivity index (χ4n) is 2.61. The van der Waals surface area contributed by atoms with Crippen LogP contribution in [0.15, 0.2) is 35.2 Å². The zero-order valence-corrected chi connectivity index (χ0v) is 13.1. The quantitative estimate of drug-likeness (QED) is 0.566. The number of nitrogens with one attached hydrogen (secondary N) is 1. The number of rotatable bonds is 8. The van der Waals surface area contributed by atoms with Gasteiger partial charge >= 0.3 is 0 Å². The molecule has 4 nitrogen and oxygen atoms in total. The molecule has 1 aromatic carbocycles. The fourth-order valence-corrected chi connectivity index (χ4v) is 3.40. The van der Waals surface area contributed by atoms with E-state index in [4.69, 9.17) is 5.11 Å². The summed E-state index contributed by atoms with van der Waals surface area (Å²) in [6, 6.07) is 10.2. The molecule has 1 aliphatic heterocycles. The van der Waals surface area contributed by atoms with Crippen LogP contribution in [0.5, 0.6) is 0 Å². The predicted molar refractivity (Wildman–Crippen MR) is 86.4 cm³/mol. The van der Waals surface area contributed by atoms with Crippen molar-refractivity contribution in [3.8, 4) is 0 Å². The molecule has 1 aliphatic rings. The number of amides is 1. The van der Waals surface area contributed by atoms with Crippen LogP contribution in [-0.4, -0.2) is 54.5 Å². The lowest BCUT2D eigenvalue weighted by Crippen LogP contribution is -2.37. The van der Waals surface area contributed by atoms with Gasteiger partial charge in [-0.1, -0.05) is 18.2 Å². The first-order valence-corrected chi connectivity index (χ1v) is 8.54. The summed E-state index contributed by atoms with van der Waals surface area (Å²) in [5.41, 5.74) is 0. The molecule has 2 N–H and O–H groups in total. The number of benzene rings is 1. The smallest absolute Gasteiger partial charge is 0.234 e. The van der Waals surface area contributed by atoms with Crippen LogP contribution in [0, 0.1) is 5.92 Å². The van der Waals surface area contributed by atoms with Crippen LogP contribution in [0.1, 0.15) is 12.8 Å². The van der Waals surface area contributed by atoms with E-state index in [1.807, 2.05) is 18.2 Å². The van der Waals surface area contributed by atoms with Gasteiger partial charge in [-0.2, -0.15) is 0 Å². The van der Waals surface area contributed by atoms with E-state index in [1.54, 1.807) is 11.8 Å². The summed E-state index contributed by atoms with van der Waals surface area (Å²) in [6.07, 6.45) is 1.95. The Morgan fingerprint density at radius 1 is 1.38 bits per heavy atom. The molecule has 1 amide bonds. The fraction of sp³-hybridized carbons (Fsp3) is 0.562. The second-order valence-corrected chi connectivity index (χ2v) is 6.58. The number of carbonyl (C=O) groups is 1. The monoisotopic (exact) mass is 308 g/mol. The van der Waals surface area contributed by atoms with E-state index in [9.17, 15) is 4.79 Å². The Kier molecular flexibility index (Phi) is 7.06. The molecule has 116 valence electrons. The van der Waals surface area contributed by atoms with Gasteiger partial charge in [-0.25, -0.2) is 0 Å². The molecule has 0 saturated carbocycles. The second-order valence-electron chi connectivity index (χ2n) is 5.41.